The zero-order valence-corrected chi connectivity index (χ0v) is 11.4. The average Bonchev–Trinajstić information content (AvgIpc) is 2.38. The lowest BCUT2D eigenvalue weighted by molar-refractivity contribution is 0.602. The van der Waals surface area contributed by atoms with Gasteiger partial charge in [-0.2, -0.15) is 4.98 Å². The first-order valence-electron chi connectivity index (χ1n) is 6.51. The highest BCUT2D eigenvalue weighted by molar-refractivity contribution is 5.42. The van der Waals surface area contributed by atoms with Crippen molar-refractivity contribution in [2.24, 2.45) is 0 Å². The van der Waals surface area contributed by atoms with Gasteiger partial charge in [0.25, 0.3) is 0 Å². The molecule has 0 radical (unpaired) electrons. The van der Waals surface area contributed by atoms with Gasteiger partial charge in [0.05, 0.1) is 0 Å². The first-order valence-corrected chi connectivity index (χ1v) is 6.51. The van der Waals surface area contributed by atoms with Crippen LogP contribution in [0, 0.1) is 13.8 Å². The van der Waals surface area contributed by atoms with Crippen molar-refractivity contribution in [1.29, 1.82) is 0 Å². The minimum Gasteiger partial charge on any atom is -0.385 e. The van der Waals surface area contributed by atoms with Crippen molar-refractivity contribution >= 4 is 5.69 Å². The standard InChI is InChI=1S/C15H19N3O/c1-12-11-13(2)18(15(19)17-12)10-6-9-16-14-7-4-3-5-8-14/h3-5,7-8,11,16H,6,9-10H2,1-2H3. The number of benzene rings is 1. The molecule has 1 aromatic carbocycles. The Bertz CT molecular complexity index is 590. The summed E-state index contributed by atoms with van der Waals surface area (Å²) in [6.45, 7) is 5.32. The zero-order chi connectivity index (χ0) is 13.7. The Morgan fingerprint density at radius 2 is 1.95 bits per heavy atom. The highest BCUT2D eigenvalue weighted by Crippen LogP contribution is 2.05. The van der Waals surface area contributed by atoms with Crippen LogP contribution in [-0.4, -0.2) is 16.1 Å². The number of nitrogens with zero attached hydrogens (tertiary/aromatic N) is 2. The monoisotopic (exact) mass is 257 g/mol. The zero-order valence-electron chi connectivity index (χ0n) is 11.4. The van der Waals surface area contributed by atoms with Crippen LogP contribution >= 0.6 is 0 Å². The fraction of sp³-hybridized carbons (Fsp3) is 0.333. The molecule has 0 aliphatic carbocycles. The smallest absolute Gasteiger partial charge is 0.347 e. The molecule has 0 amide bonds. The molecule has 0 bridgehead atoms. The van der Waals surface area contributed by atoms with Crippen molar-refractivity contribution in [1.82, 2.24) is 9.55 Å². The number of aromatic nitrogens is 2. The van der Waals surface area contributed by atoms with Crippen LogP contribution in [0.25, 0.3) is 0 Å². The topological polar surface area (TPSA) is 46.9 Å². The van der Waals surface area contributed by atoms with E-state index >= 15 is 0 Å². The van der Waals surface area contributed by atoms with E-state index in [0.29, 0.717) is 6.54 Å². The van der Waals surface area contributed by atoms with Gasteiger partial charge in [0, 0.05) is 30.2 Å². The van der Waals surface area contributed by atoms with Crippen LogP contribution in [0.2, 0.25) is 0 Å². The molecule has 1 heterocycles. The summed E-state index contributed by atoms with van der Waals surface area (Å²) in [5.41, 5.74) is 2.70. The molecular weight excluding hydrogens is 238 g/mol. The summed E-state index contributed by atoms with van der Waals surface area (Å²) in [6, 6.07) is 12.0. The minimum absolute atomic E-state index is 0.155. The lowest BCUT2D eigenvalue weighted by Crippen LogP contribution is -2.26. The van der Waals surface area contributed by atoms with Gasteiger partial charge in [-0.25, -0.2) is 4.79 Å². The Hall–Kier alpha value is -2.10. The number of para-hydroxylation sites is 1. The van der Waals surface area contributed by atoms with Crippen LogP contribution in [0.1, 0.15) is 17.8 Å². The number of hydrogen-bond acceptors (Lipinski definition) is 3. The maximum atomic E-state index is 11.8. The van der Waals surface area contributed by atoms with E-state index in [1.54, 1.807) is 4.57 Å². The molecule has 0 aliphatic heterocycles. The Morgan fingerprint density at radius 1 is 1.21 bits per heavy atom. The van der Waals surface area contributed by atoms with Crippen LogP contribution in [0.3, 0.4) is 0 Å². The van der Waals surface area contributed by atoms with Crippen LogP contribution in [0.5, 0.6) is 0 Å². The molecule has 1 aromatic heterocycles. The quantitative estimate of drug-likeness (QED) is 0.836. The van der Waals surface area contributed by atoms with E-state index in [4.69, 9.17) is 0 Å². The van der Waals surface area contributed by atoms with Gasteiger partial charge >= 0.3 is 5.69 Å². The minimum atomic E-state index is -0.155. The van der Waals surface area contributed by atoms with E-state index in [0.717, 1.165) is 30.0 Å². The van der Waals surface area contributed by atoms with E-state index < -0.39 is 0 Å². The summed E-state index contributed by atoms with van der Waals surface area (Å²) in [7, 11) is 0. The third-order valence-electron chi connectivity index (χ3n) is 3.01. The third kappa shape index (κ3) is 3.68. The van der Waals surface area contributed by atoms with Gasteiger partial charge in [0.1, 0.15) is 0 Å². The molecule has 0 saturated heterocycles. The second kappa shape index (κ2) is 6.18. The Kier molecular flexibility index (Phi) is 4.34. The van der Waals surface area contributed by atoms with Crippen molar-refractivity contribution in [2.45, 2.75) is 26.8 Å². The van der Waals surface area contributed by atoms with Crippen LogP contribution in [-0.2, 0) is 6.54 Å². The summed E-state index contributed by atoms with van der Waals surface area (Å²) in [5, 5.41) is 3.33. The second-order valence-electron chi connectivity index (χ2n) is 4.62. The van der Waals surface area contributed by atoms with E-state index in [9.17, 15) is 4.79 Å². The molecule has 0 saturated carbocycles. The molecule has 100 valence electrons. The predicted molar refractivity (Wildman–Crippen MR) is 77.5 cm³/mol. The highest BCUT2D eigenvalue weighted by atomic mass is 16.1. The summed E-state index contributed by atoms with van der Waals surface area (Å²) in [6.07, 6.45) is 0.889. The number of nitrogens with one attached hydrogen (secondary N) is 1. The lowest BCUT2D eigenvalue weighted by Gasteiger charge is -2.10. The molecule has 2 aromatic rings. The van der Waals surface area contributed by atoms with Crippen molar-refractivity contribution in [3.63, 3.8) is 0 Å². The number of hydrogen-bond donors (Lipinski definition) is 1. The molecule has 2 rings (SSSR count). The summed E-state index contributed by atoms with van der Waals surface area (Å²) in [4.78, 5) is 15.7. The maximum absolute atomic E-state index is 11.8. The van der Waals surface area contributed by atoms with Gasteiger partial charge in [0.2, 0.25) is 0 Å². The maximum Gasteiger partial charge on any atom is 0.347 e. The summed E-state index contributed by atoms with van der Waals surface area (Å²) >= 11 is 0. The summed E-state index contributed by atoms with van der Waals surface area (Å²) < 4.78 is 1.72. The fourth-order valence-electron chi connectivity index (χ4n) is 2.07. The van der Waals surface area contributed by atoms with Gasteiger partial charge in [-0.05, 0) is 38.5 Å². The molecule has 0 spiro atoms. The van der Waals surface area contributed by atoms with Crippen molar-refractivity contribution in [3.05, 3.63) is 58.3 Å². The largest absolute Gasteiger partial charge is 0.385 e. The van der Waals surface area contributed by atoms with Gasteiger partial charge in [0.15, 0.2) is 0 Å². The Labute approximate surface area is 113 Å². The van der Waals surface area contributed by atoms with E-state index in [2.05, 4.69) is 10.3 Å². The second-order valence-corrected chi connectivity index (χ2v) is 4.62. The molecule has 1 N–H and O–H groups in total. The molecular formula is C15H19N3O. The first-order chi connectivity index (χ1) is 9.16. The molecule has 0 fully saturated rings. The molecule has 19 heavy (non-hydrogen) atoms. The third-order valence-corrected chi connectivity index (χ3v) is 3.01. The number of anilines is 1. The van der Waals surface area contributed by atoms with Gasteiger partial charge in [-0.1, -0.05) is 18.2 Å². The molecule has 0 atom stereocenters. The highest BCUT2D eigenvalue weighted by Gasteiger charge is 2.02. The van der Waals surface area contributed by atoms with Crippen molar-refractivity contribution in [3.8, 4) is 0 Å². The Balaban J connectivity index is 1.88. The van der Waals surface area contributed by atoms with Gasteiger partial charge < -0.3 is 5.32 Å². The van der Waals surface area contributed by atoms with Crippen LogP contribution < -0.4 is 11.0 Å². The first kappa shape index (κ1) is 13.3. The average molecular weight is 257 g/mol. The molecule has 0 aliphatic rings. The predicted octanol–water partition coefficient (Wildman–Crippen LogP) is 2.36. The molecule has 4 heteroatoms. The van der Waals surface area contributed by atoms with E-state index in [-0.39, 0.29) is 5.69 Å². The number of rotatable bonds is 5. The van der Waals surface area contributed by atoms with E-state index in [1.165, 1.54) is 0 Å². The van der Waals surface area contributed by atoms with Crippen molar-refractivity contribution in [2.75, 3.05) is 11.9 Å². The van der Waals surface area contributed by atoms with Crippen LogP contribution in [0.4, 0.5) is 5.69 Å². The SMILES string of the molecule is Cc1cc(C)n(CCCNc2ccccc2)c(=O)n1. The van der Waals surface area contributed by atoms with Crippen molar-refractivity contribution < 1.29 is 0 Å². The Morgan fingerprint density at radius 3 is 2.63 bits per heavy atom. The van der Waals surface area contributed by atoms with Gasteiger partial charge in [-0.3, -0.25) is 4.57 Å². The molecule has 4 nitrogen and oxygen atoms in total. The lowest BCUT2D eigenvalue weighted by atomic mass is 10.3. The normalized spacial score (nSPS) is 10.4. The fourth-order valence-corrected chi connectivity index (χ4v) is 2.07. The van der Waals surface area contributed by atoms with Crippen LogP contribution in [0.15, 0.2) is 41.2 Å². The number of aryl methyl sites for hydroxylation is 2. The van der Waals surface area contributed by atoms with Gasteiger partial charge in [-0.15, -0.1) is 0 Å². The molecule has 0 unspecified atom stereocenters. The van der Waals surface area contributed by atoms with E-state index in [1.807, 2.05) is 50.2 Å². The summed E-state index contributed by atoms with van der Waals surface area (Å²) in [5.74, 6) is 0.